The maximum Gasteiger partial charge on any atom is 0.248 e. The van der Waals surface area contributed by atoms with Crippen LogP contribution in [0.1, 0.15) is 45.4 Å². The van der Waals surface area contributed by atoms with Gasteiger partial charge in [-0.15, -0.1) is 0 Å². The van der Waals surface area contributed by atoms with Crippen LogP contribution in [0.4, 0.5) is 5.69 Å². The number of para-hydroxylation sites is 1. The molecule has 20 heavy (non-hydrogen) atoms. The molecule has 2 nitrogen and oxygen atoms in total. The maximum absolute atomic E-state index is 11.6. The van der Waals surface area contributed by atoms with Crippen LogP contribution in [0.5, 0.6) is 0 Å². The Morgan fingerprint density at radius 3 is 2.55 bits per heavy atom. The quantitative estimate of drug-likeness (QED) is 0.378. The monoisotopic (exact) mass is 271 g/mol. The van der Waals surface area contributed by atoms with Gasteiger partial charge in [0.1, 0.15) is 0 Å². The van der Waals surface area contributed by atoms with Gasteiger partial charge in [-0.1, -0.05) is 69.0 Å². The smallest absolute Gasteiger partial charge is 0.248 e. The van der Waals surface area contributed by atoms with Crippen molar-refractivity contribution in [2.24, 2.45) is 0 Å². The molecule has 1 N–H and O–H groups in total. The Morgan fingerprint density at radius 1 is 1.05 bits per heavy atom. The van der Waals surface area contributed by atoms with Gasteiger partial charge in [-0.25, -0.2) is 0 Å². The van der Waals surface area contributed by atoms with Crippen LogP contribution < -0.4 is 5.32 Å². The predicted octanol–water partition coefficient (Wildman–Crippen LogP) is 5.10. The average Bonchev–Trinajstić information content (AvgIpc) is 2.46. The van der Waals surface area contributed by atoms with Crippen LogP contribution in [-0.4, -0.2) is 5.91 Å². The highest BCUT2D eigenvalue weighted by Crippen LogP contribution is 2.06. The van der Waals surface area contributed by atoms with Gasteiger partial charge in [0.15, 0.2) is 0 Å². The molecule has 1 aromatic rings. The Bertz CT molecular complexity index is 420. The van der Waals surface area contributed by atoms with Crippen molar-refractivity contribution in [3.05, 3.63) is 54.6 Å². The standard InChI is InChI=1S/C18H25NO/c1-2-3-4-5-6-7-8-9-13-16-18(20)19-17-14-11-10-12-15-17/h8-16H,2-7H2,1H3,(H,19,20)/b9-8+,16-13+. The molecule has 0 saturated carbocycles. The first-order chi connectivity index (χ1) is 9.83. The van der Waals surface area contributed by atoms with Gasteiger partial charge in [0.05, 0.1) is 0 Å². The lowest BCUT2D eigenvalue weighted by molar-refractivity contribution is -0.111. The van der Waals surface area contributed by atoms with Gasteiger partial charge in [0.2, 0.25) is 5.91 Å². The van der Waals surface area contributed by atoms with Crippen molar-refractivity contribution >= 4 is 11.6 Å². The number of hydrogen-bond acceptors (Lipinski definition) is 1. The van der Waals surface area contributed by atoms with Gasteiger partial charge < -0.3 is 5.32 Å². The van der Waals surface area contributed by atoms with E-state index in [9.17, 15) is 4.79 Å². The highest BCUT2D eigenvalue weighted by atomic mass is 16.1. The third-order valence-electron chi connectivity index (χ3n) is 3.01. The van der Waals surface area contributed by atoms with Crippen molar-refractivity contribution in [2.75, 3.05) is 5.32 Å². The van der Waals surface area contributed by atoms with Gasteiger partial charge >= 0.3 is 0 Å². The molecule has 0 saturated heterocycles. The molecule has 2 heteroatoms. The number of hydrogen-bond donors (Lipinski definition) is 1. The summed E-state index contributed by atoms with van der Waals surface area (Å²) in [4.78, 5) is 11.6. The molecule has 0 spiro atoms. The zero-order valence-electron chi connectivity index (χ0n) is 12.3. The number of rotatable bonds is 9. The third-order valence-corrected chi connectivity index (χ3v) is 3.01. The van der Waals surface area contributed by atoms with Crippen molar-refractivity contribution in [2.45, 2.75) is 45.4 Å². The first kappa shape index (κ1) is 16.2. The lowest BCUT2D eigenvalue weighted by atomic mass is 10.1. The summed E-state index contributed by atoms with van der Waals surface area (Å²) in [5.74, 6) is -0.0937. The number of allylic oxidation sites excluding steroid dienone is 3. The van der Waals surface area contributed by atoms with Crippen molar-refractivity contribution in [3.63, 3.8) is 0 Å². The Balaban J connectivity index is 2.12. The van der Waals surface area contributed by atoms with E-state index >= 15 is 0 Å². The Labute approximate surface area is 122 Å². The van der Waals surface area contributed by atoms with Crippen LogP contribution >= 0.6 is 0 Å². The van der Waals surface area contributed by atoms with Gasteiger partial charge in [0, 0.05) is 11.8 Å². The summed E-state index contributed by atoms with van der Waals surface area (Å²) in [6.45, 7) is 2.23. The first-order valence-electron chi connectivity index (χ1n) is 7.52. The van der Waals surface area contributed by atoms with Gasteiger partial charge in [-0.2, -0.15) is 0 Å². The molecule has 0 unspecified atom stereocenters. The Hall–Kier alpha value is -1.83. The Kier molecular flexibility index (Phi) is 8.95. The topological polar surface area (TPSA) is 29.1 Å². The molecule has 0 fully saturated rings. The molecular formula is C18H25NO. The van der Waals surface area contributed by atoms with E-state index in [0.29, 0.717) is 0 Å². The average molecular weight is 271 g/mol. The highest BCUT2D eigenvalue weighted by molar-refractivity contribution is 5.99. The van der Waals surface area contributed by atoms with E-state index in [2.05, 4.69) is 18.3 Å². The lowest BCUT2D eigenvalue weighted by Crippen LogP contribution is -2.07. The van der Waals surface area contributed by atoms with Crippen LogP contribution in [0.15, 0.2) is 54.6 Å². The normalized spacial score (nSPS) is 11.2. The second-order valence-corrected chi connectivity index (χ2v) is 4.85. The molecule has 0 atom stereocenters. The number of nitrogens with one attached hydrogen (secondary N) is 1. The second-order valence-electron chi connectivity index (χ2n) is 4.85. The third kappa shape index (κ3) is 8.30. The van der Waals surface area contributed by atoms with Crippen LogP contribution in [0.25, 0.3) is 0 Å². The van der Waals surface area contributed by atoms with Crippen LogP contribution in [0, 0.1) is 0 Å². The number of carbonyl (C=O) groups excluding carboxylic acids is 1. The SMILES string of the molecule is CCCCCCC/C=C/C=C/C(=O)Nc1ccccc1. The van der Waals surface area contributed by atoms with E-state index < -0.39 is 0 Å². The molecule has 0 bridgehead atoms. The molecule has 0 aliphatic rings. The Morgan fingerprint density at radius 2 is 1.80 bits per heavy atom. The van der Waals surface area contributed by atoms with Gasteiger partial charge in [-0.05, 0) is 25.0 Å². The van der Waals surface area contributed by atoms with E-state index in [0.717, 1.165) is 12.1 Å². The second kappa shape index (κ2) is 11.0. The molecule has 0 aromatic heterocycles. The highest BCUT2D eigenvalue weighted by Gasteiger charge is 1.94. The molecule has 0 aliphatic carbocycles. The summed E-state index contributed by atoms with van der Waals surface area (Å²) in [5.41, 5.74) is 0.821. The van der Waals surface area contributed by atoms with Crippen LogP contribution in [-0.2, 0) is 4.79 Å². The van der Waals surface area contributed by atoms with Gasteiger partial charge in [0.25, 0.3) is 0 Å². The minimum atomic E-state index is -0.0937. The van der Waals surface area contributed by atoms with Crippen LogP contribution in [0.2, 0.25) is 0 Å². The minimum absolute atomic E-state index is 0.0937. The van der Waals surface area contributed by atoms with E-state index in [1.54, 1.807) is 12.2 Å². The summed E-state index contributed by atoms with van der Waals surface area (Å²) >= 11 is 0. The fourth-order valence-corrected chi connectivity index (χ4v) is 1.89. The summed E-state index contributed by atoms with van der Waals surface area (Å²) in [6, 6.07) is 9.47. The number of carbonyl (C=O) groups is 1. The van der Waals surface area contributed by atoms with Crippen molar-refractivity contribution in [1.29, 1.82) is 0 Å². The number of unbranched alkanes of at least 4 members (excludes halogenated alkanes) is 5. The van der Waals surface area contributed by atoms with E-state index in [1.807, 2.05) is 36.4 Å². The molecule has 1 rings (SSSR count). The fourth-order valence-electron chi connectivity index (χ4n) is 1.89. The molecule has 108 valence electrons. The summed E-state index contributed by atoms with van der Waals surface area (Å²) in [7, 11) is 0. The molecule has 1 amide bonds. The summed E-state index contributed by atoms with van der Waals surface area (Å²) < 4.78 is 0. The lowest BCUT2D eigenvalue weighted by Gasteiger charge is -1.99. The molecule has 0 radical (unpaired) electrons. The zero-order chi connectivity index (χ0) is 14.5. The number of anilines is 1. The van der Waals surface area contributed by atoms with E-state index in [1.165, 1.54) is 32.1 Å². The molecular weight excluding hydrogens is 246 g/mol. The van der Waals surface area contributed by atoms with E-state index in [4.69, 9.17) is 0 Å². The summed E-state index contributed by atoms with van der Waals surface area (Å²) in [5, 5.41) is 2.81. The summed E-state index contributed by atoms with van der Waals surface area (Å²) in [6.07, 6.45) is 15.0. The molecule has 1 aromatic carbocycles. The zero-order valence-corrected chi connectivity index (χ0v) is 12.3. The van der Waals surface area contributed by atoms with Crippen molar-refractivity contribution in [1.82, 2.24) is 0 Å². The fraction of sp³-hybridized carbons (Fsp3) is 0.389. The minimum Gasteiger partial charge on any atom is -0.323 e. The van der Waals surface area contributed by atoms with Crippen molar-refractivity contribution in [3.8, 4) is 0 Å². The number of benzene rings is 1. The van der Waals surface area contributed by atoms with E-state index in [-0.39, 0.29) is 5.91 Å². The van der Waals surface area contributed by atoms with Crippen LogP contribution in [0.3, 0.4) is 0 Å². The van der Waals surface area contributed by atoms with Crippen molar-refractivity contribution < 1.29 is 4.79 Å². The predicted molar refractivity (Wildman–Crippen MR) is 86.7 cm³/mol. The largest absolute Gasteiger partial charge is 0.323 e. The molecule has 0 heterocycles. The molecule has 0 aliphatic heterocycles. The number of amides is 1. The first-order valence-corrected chi connectivity index (χ1v) is 7.52. The maximum atomic E-state index is 11.6. The van der Waals surface area contributed by atoms with Gasteiger partial charge in [-0.3, -0.25) is 4.79 Å².